The molecule has 0 aliphatic carbocycles. The van der Waals surface area contributed by atoms with Crippen LogP contribution in [0.15, 0.2) is 48.5 Å². The lowest BCUT2D eigenvalue weighted by atomic mass is 10.1. The van der Waals surface area contributed by atoms with Crippen molar-refractivity contribution in [1.82, 2.24) is 0 Å². The van der Waals surface area contributed by atoms with Crippen LogP contribution in [0.25, 0.3) is 0 Å². The van der Waals surface area contributed by atoms with Crippen LogP contribution in [0.4, 0.5) is 0 Å². The number of ether oxygens (including phenoxy) is 3. The van der Waals surface area contributed by atoms with Crippen molar-refractivity contribution < 1.29 is 24.1 Å². The number of nitriles is 1. The van der Waals surface area contributed by atoms with Crippen molar-refractivity contribution in [3.05, 3.63) is 59.7 Å². The predicted molar refractivity (Wildman–Crippen MR) is 95.3 cm³/mol. The van der Waals surface area contributed by atoms with Crippen molar-refractivity contribution in [1.29, 1.82) is 5.26 Å². The zero-order valence-corrected chi connectivity index (χ0v) is 14.6. The summed E-state index contributed by atoms with van der Waals surface area (Å²) in [6.45, 7) is 0.980. The first-order valence-corrected chi connectivity index (χ1v) is 8.22. The van der Waals surface area contributed by atoms with Gasteiger partial charge in [0.05, 0.1) is 24.8 Å². The van der Waals surface area contributed by atoms with E-state index in [0.717, 1.165) is 5.56 Å². The number of carboxylic acids is 1. The number of nitrogens with zero attached hydrogens (tertiary/aromatic N) is 1. The molecule has 1 N–H and O–H groups in total. The lowest BCUT2D eigenvalue weighted by Crippen LogP contribution is -2.24. The van der Waals surface area contributed by atoms with Crippen molar-refractivity contribution in [2.45, 2.75) is 18.9 Å². The average Bonchev–Trinajstić information content (AvgIpc) is 2.66. The minimum atomic E-state index is -0.979. The van der Waals surface area contributed by atoms with Gasteiger partial charge in [-0.15, -0.1) is 0 Å². The highest BCUT2D eigenvalue weighted by atomic mass is 16.5. The summed E-state index contributed by atoms with van der Waals surface area (Å²) in [6, 6.07) is 16.4. The van der Waals surface area contributed by atoms with E-state index in [0.29, 0.717) is 43.1 Å². The summed E-state index contributed by atoms with van der Waals surface area (Å²) in [4.78, 5) is 11.0. The SMILES string of the molecule is CO[C@@H](Cc1ccc(OCCCOc2cccc(C#N)c2)cc1)C(=O)O. The second kappa shape index (κ2) is 10.1. The number of rotatable bonds is 10. The highest BCUT2D eigenvalue weighted by Crippen LogP contribution is 2.15. The van der Waals surface area contributed by atoms with Gasteiger partial charge in [0.1, 0.15) is 11.5 Å². The van der Waals surface area contributed by atoms with E-state index >= 15 is 0 Å². The fourth-order valence-corrected chi connectivity index (χ4v) is 2.30. The molecule has 26 heavy (non-hydrogen) atoms. The molecule has 0 fully saturated rings. The topological polar surface area (TPSA) is 88.8 Å². The molecule has 6 nitrogen and oxygen atoms in total. The molecule has 2 rings (SSSR count). The van der Waals surface area contributed by atoms with Crippen molar-refractivity contribution in [2.24, 2.45) is 0 Å². The highest BCUT2D eigenvalue weighted by molar-refractivity contribution is 5.72. The Balaban J connectivity index is 1.71. The summed E-state index contributed by atoms with van der Waals surface area (Å²) in [7, 11) is 1.38. The Bertz CT molecular complexity index is 752. The number of methoxy groups -OCH3 is 1. The van der Waals surface area contributed by atoms with E-state index in [4.69, 9.17) is 24.6 Å². The van der Waals surface area contributed by atoms with Gasteiger partial charge in [0.25, 0.3) is 0 Å². The normalized spacial score (nSPS) is 11.4. The van der Waals surface area contributed by atoms with Gasteiger partial charge in [0.2, 0.25) is 0 Å². The summed E-state index contributed by atoms with van der Waals surface area (Å²) >= 11 is 0. The van der Waals surface area contributed by atoms with Crippen molar-refractivity contribution in [2.75, 3.05) is 20.3 Å². The smallest absolute Gasteiger partial charge is 0.333 e. The Labute approximate surface area is 152 Å². The van der Waals surface area contributed by atoms with E-state index in [2.05, 4.69) is 6.07 Å². The largest absolute Gasteiger partial charge is 0.493 e. The molecule has 2 aromatic rings. The Hall–Kier alpha value is -3.04. The molecule has 0 unspecified atom stereocenters. The number of carbonyl (C=O) groups is 1. The number of hydrogen-bond donors (Lipinski definition) is 1. The Morgan fingerprint density at radius 1 is 1.12 bits per heavy atom. The van der Waals surface area contributed by atoms with E-state index in [9.17, 15) is 4.79 Å². The third kappa shape index (κ3) is 6.11. The zero-order chi connectivity index (χ0) is 18.8. The van der Waals surface area contributed by atoms with E-state index < -0.39 is 12.1 Å². The lowest BCUT2D eigenvalue weighted by Gasteiger charge is -2.11. The highest BCUT2D eigenvalue weighted by Gasteiger charge is 2.16. The summed E-state index contributed by atoms with van der Waals surface area (Å²) < 4.78 is 16.2. The molecule has 0 aliphatic rings. The van der Waals surface area contributed by atoms with Crippen LogP contribution in [-0.4, -0.2) is 37.5 Å². The molecule has 0 aliphatic heterocycles. The first-order chi connectivity index (χ1) is 12.6. The fourth-order valence-electron chi connectivity index (χ4n) is 2.30. The standard InChI is InChI=1S/C20H21NO5/c1-24-19(20(22)23)13-15-6-8-17(9-7-15)25-10-3-11-26-18-5-2-4-16(12-18)14-21/h2,4-9,12,19H,3,10-11,13H2,1H3,(H,22,23)/t19-/m0/s1. The van der Waals surface area contributed by atoms with Crippen LogP contribution in [0.1, 0.15) is 17.5 Å². The average molecular weight is 355 g/mol. The molecule has 136 valence electrons. The Kier molecular flexibility index (Phi) is 7.47. The number of benzene rings is 2. The van der Waals surface area contributed by atoms with Gasteiger partial charge in [0, 0.05) is 20.0 Å². The second-order valence-electron chi connectivity index (χ2n) is 5.60. The maximum atomic E-state index is 11.0. The first kappa shape index (κ1) is 19.3. The fraction of sp³-hybridized carbons (Fsp3) is 0.300. The lowest BCUT2D eigenvalue weighted by molar-refractivity contribution is -0.148. The molecule has 0 spiro atoms. The van der Waals surface area contributed by atoms with Crippen LogP contribution >= 0.6 is 0 Å². The van der Waals surface area contributed by atoms with Gasteiger partial charge in [-0.3, -0.25) is 0 Å². The van der Waals surface area contributed by atoms with E-state index in [1.807, 2.05) is 18.2 Å². The van der Waals surface area contributed by atoms with Crippen LogP contribution in [0.5, 0.6) is 11.5 Å². The monoisotopic (exact) mass is 355 g/mol. The van der Waals surface area contributed by atoms with E-state index in [1.54, 1.807) is 30.3 Å². The van der Waals surface area contributed by atoms with Gasteiger partial charge in [-0.1, -0.05) is 18.2 Å². The molecule has 6 heteroatoms. The van der Waals surface area contributed by atoms with Gasteiger partial charge < -0.3 is 19.3 Å². The first-order valence-electron chi connectivity index (χ1n) is 8.22. The summed E-state index contributed by atoms with van der Waals surface area (Å²) in [6.07, 6.45) is 0.156. The van der Waals surface area contributed by atoms with Gasteiger partial charge in [0.15, 0.2) is 6.10 Å². The summed E-state index contributed by atoms with van der Waals surface area (Å²) in [5.74, 6) is 0.400. The molecule has 0 heterocycles. The van der Waals surface area contributed by atoms with Gasteiger partial charge in [-0.05, 0) is 35.9 Å². The van der Waals surface area contributed by atoms with E-state index in [-0.39, 0.29) is 0 Å². The predicted octanol–water partition coefficient (Wildman–Crippen LogP) is 3.05. The minimum Gasteiger partial charge on any atom is -0.493 e. The number of carboxylic acid groups (broad SMARTS) is 1. The molecule has 2 aromatic carbocycles. The maximum Gasteiger partial charge on any atom is 0.333 e. The molecular formula is C20H21NO5. The quantitative estimate of drug-likeness (QED) is 0.659. The summed E-state index contributed by atoms with van der Waals surface area (Å²) in [5.41, 5.74) is 1.43. The molecular weight excluding hydrogens is 334 g/mol. The van der Waals surface area contributed by atoms with Crippen molar-refractivity contribution in [3.8, 4) is 17.6 Å². The molecule has 1 atom stereocenters. The molecule has 0 radical (unpaired) electrons. The zero-order valence-electron chi connectivity index (χ0n) is 14.6. The van der Waals surface area contributed by atoms with Gasteiger partial charge in [-0.2, -0.15) is 5.26 Å². The second-order valence-corrected chi connectivity index (χ2v) is 5.60. The van der Waals surface area contributed by atoms with Crippen LogP contribution in [-0.2, 0) is 16.0 Å². The molecule has 0 saturated carbocycles. The Morgan fingerprint density at radius 2 is 1.81 bits per heavy atom. The molecule has 0 saturated heterocycles. The van der Waals surface area contributed by atoms with Crippen LogP contribution < -0.4 is 9.47 Å². The van der Waals surface area contributed by atoms with Crippen LogP contribution in [0.2, 0.25) is 0 Å². The van der Waals surface area contributed by atoms with Crippen molar-refractivity contribution >= 4 is 5.97 Å². The maximum absolute atomic E-state index is 11.0. The van der Waals surface area contributed by atoms with E-state index in [1.165, 1.54) is 7.11 Å². The third-order valence-electron chi connectivity index (χ3n) is 3.69. The number of aliphatic carboxylic acids is 1. The molecule has 0 bridgehead atoms. The number of hydrogen-bond acceptors (Lipinski definition) is 5. The Morgan fingerprint density at radius 3 is 2.42 bits per heavy atom. The van der Waals surface area contributed by atoms with Crippen molar-refractivity contribution in [3.63, 3.8) is 0 Å². The third-order valence-corrected chi connectivity index (χ3v) is 3.69. The van der Waals surface area contributed by atoms with Gasteiger partial charge in [-0.25, -0.2) is 4.79 Å². The van der Waals surface area contributed by atoms with Gasteiger partial charge >= 0.3 is 5.97 Å². The van der Waals surface area contributed by atoms with Crippen LogP contribution in [0.3, 0.4) is 0 Å². The molecule has 0 aromatic heterocycles. The summed E-state index contributed by atoms with van der Waals surface area (Å²) in [5, 5.41) is 17.8. The van der Waals surface area contributed by atoms with Crippen LogP contribution in [0, 0.1) is 11.3 Å². The molecule has 0 amide bonds. The minimum absolute atomic E-state index is 0.307.